The van der Waals surface area contributed by atoms with Crippen LogP contribution < -0.4 is 10.5 Å². The second-order valence-electron chi connectivity index (χ2n) is 6.20. The zero-order valence-electron chi connectivity index (χ0n) is 13.6. The van der Waals surface area contributed by atoms with E-state index < -0.39 is 10.0 Å². The Kier molecular flexibility index (Phi) is 8.23. The molecule has 0 saturated carbocycles. The van der Waals surface area contributed by atoms with Crippen molar-refractivity contribution in [2.24, 2.45) is 5.73 Å². The Balaban J connectivity index is 0.00000264. The molecule has 0 aromatic rings. The Morgan fingerprint density at radius 2 is 2.04 bits per heavy atom. The van der Waals surface area contributed by atoms with Gasteiger partial charge in [-0.1, -0.05) is 0 Å². The maximum Gasteiger partial charge on any atom is 0.251 e. The zero-order chi connectivity index (χ0) is 16.2. The molecule has 1 unspecified atom stereocenters. The van der Waals surface area contributed by atoms with Crippen molar-refractivity contribution in [3.05, 3.63) is 0 Å². The molecule has 2 heterocycles. The molecule has 0 aromatic heterocycles. The zero-order valence-corrected chi connectivity index (χ0v) is 15.2. The second kappa shape index (κ2) is 9.17. The molecule has 3 N–H and O–H groups in total. The van der Waals surface area contributed by atoms with E-state index in [1.807, 2.05) is 4.90 Å². The summed E-state index contributed by atoms with van der Waals surface area (Å²) in [5.74, 6) is 0.0417. The van der Waals surface area contributed by atoms with E-state index in [0.29, 0.717) is 19.5 Å². The topological polar surface area (TPSA) is 102 Å². The third-order valence-corrected chi connectivity index (χ3v) is 5.13. The largest absolute Gasteiger partial charge is 0.364 e. The van der Waals surface area contributed by atoms with E-state index in [2.05, 4.69) is 4.72 Å². The van der Waals surface area contributed by atoms with Crippen LogP contribution in [0.25, 0.3) is 0 Å². The fraction of sp³-hybridized carbons (Fsp3) is 0.929. The average molecular weight is 370 g/mol. The highest BCUT2D eigenvalue weighted by molar-refractivity contribution is 7.88. The first-order valence-electron chi connectivity index (χ1n) is 8.01. The minimum atomic E-state index is -3.18. The summed E-state index contributed by atoms with van der Waals surface area (Å²) in [4.78, 5) is 14.5. The number of ether oxygens (including phenoxy) is 1. The van der Waals surface area contributed by atoms with Crippen LogP contribution in [0.3, 0.4) is 0 Å². The number of halogens is 1. The van der Waals surface area contributed by atoms with E-state index in [1.165, 1.54) is 0 Å². The molecule has 2 aliphatic rings. The first-order chi connectivity index (χ1) is 10.4. The van der Waals surface area contributed by atoms with Gasteiger partial charge in [0.25, 0.3) is 5.91 Å². The van der Waals surface area contributed by atoms with Crippen LogP contribution in [0.15, 0.2) is 0 Å². The number of hydrogen-bond acceptors (Lipinski definition) is 5. The van der Waals surface area contributed by atoms with Crippen LogP contribution in [0.4, 0.5) is 0 Å². The number of nitrogens with two attached hydrogens (primary N) is 1. The van der Waals surface area contributed by atoms with Crippen LogP contribution in [0.1, 0.15) is 38.5 Å². The number of hydrogen-bond donors (Lipinski definition) is 2. The first-order valence-corrected chi connectivity index (χ1v) is 9.90. The number of sulfonamides is 1. The maximum absolute atomic E-state index is 12.7. The molecule has 2 rings (SSSR count). The SMILES string of the molecule is CS(=O)(=O)NCCC1CCCCN1C(=O)[C@@H]1CC[C@H](CN)O1.Cl. The molecule has 3 atom stereocenters. The van der Waals surface area contributed by atoms with Crippen LogP contribution in [-0.2, 0) is 19.6 Å². The summed E-state index contributed by atoms with van der Waals surface area (Å²) in [6, 6.07) is 0.0935. The van der Waals surface area contributed by atoms with Crippen molar-refractivity contribution < 1.29 is 17.9 Å². The summed E-state index contributed by atoms with van der Waals surface area (Å²) >= 11 is 0. The lowest BCUT2D eigenvalue weighted by Gasteiger charge is -2.37. The molecular weight excluding hydrogens is 342 g/mol. The number of amides is 1. The highest BCUT2D eigenvalue weighted by Crippen LogP contribution is 2.26. The van der Waals surface area contributed by atoms with Gasteiger partial charge in [0.1, 0.15) is 6.10 Å². The number of carbonyl (C=O) groups is 1. The van der Waals surface area contributed by atoms with E-state index in [9.17, 15) is 13.2 Å². The summed E-state index contributed by atoms with van der Waals surface area (Å²) < 4.78 is 30.5. The van der Waals surface area contributed by atoms with Gasteiger partial charge in [0, 0.05) is 25.7 Å². The van der Waals surface area contributed by atoms with E-state index in [-0.39, 0.29) is 36.6 Å². The standard InChI is InChI=1S/C14H27N3O4S.ClH/c1-22(19,20)16-8-7-11-4-2-3-9-17(11)14(18)13-6-5-12(10-15)21-13;/h11-13,16H,2-10,15H2,1H3;1H/t11?,12-,13+;/m1./s1. The second-order valence-corrected chi connectivity index (χ2v) is 8.03. The predicted octanol–water partition coefficient (Wildman–Crippen LogP) is 0.235. The van der Waals surface area contributed by atoms with Gasteiger partial charge in [-0.15, -0.1) is 12.4 Å². The minimum Gasteiger partial charge on any atom is -0.364 e. The van der Waals surface area contributed by atoms with Crippen LogP contribution in [0, 0.1) is 0 Å². The van der Waals surface area contributed by atoms with Crippen molar-refractivity contribution in [1.29, 1.82) is 0 Å². The number of nitrogens with zero attached hydrogens (tertiary/aromatic N) is 1. The van der Waals surface area contributed by atoms with Gasteiger partial charge in [0.2, 0.25) is 10.0 Å². The van der Waals surface area contributed by atoms with Crippen LogP contribution in [-0.4, -0.2) is 63.4 Å². The molecule has 7 nitrogen and oxygen atoms in total. The lowest BCUT2D eigenvalue weighted by molar-refractivity contribution is -0.146. The summed E-state index contributed by atoms with van der Waals surface area (Å²) in [6.45, 7) is 1.55. The Hall–Kier alpha value is -0.410. The van der Waals surface area contributed by atoms with Crippen molar-refractivity contribution in [3.8, 4) is 0 Å². The number of likely N-dealkylation sites (tertiary alicyclic amines) is 1. The fourth-order valence-corrected chi connectivity index (χ4v) is 3.74. The van der Waals surface area contributed by atoms with Gasteiger partial charge in [-0.2, -0.15) is 0 Å². The molecule has 9 heteroatoms. The van der Waals surface area contributed by atoms with Gasteiger partial charge in [-0.25, -0.2) is 13.1 Å². The van der Waals surface area contributed by atoms with Gasteiger partial charge < -0.3 is 15.4 Å². The number of piperidine rings is 1. The fourth-order valence-electron chi connectivity index (χ4n) is 3.25. The van der Waals surface area contributed by atoms with E-state index in [4.69, 9.17) is 10.5 Å². The maximum atomic E-state index is 12.7. The minimum absolute atomic E-state index is 0. The number of rotatable bonds is 6. The predicted molar refractivity (Wildman–Crippen MR) is 91.0 cm³/mol. The lowest BCUT2D eigenvalue weighted by Crippen LogP contribution is -2.49. The van der Waals surface area contributed by atoms with E-state index in [1.54, 1.807) is 0 Å². The van der Waals surface area contributed by atoms with Crippen LogP contribution in [0.2, 0.25) is 0 Å². The first kappa shape index (κ1) is 20.6. The smallest absolute Gasteiger partial charge is 0.251 e. The highest BCUT2D eigenvalue weighted by atomic mass is 35.5. The molecule has 136 valence electrons. The monoisotopic (exact) mass is 369 g/mol. The Bertz CT molecular complexity index is 488. The lowest BCUT2D eigenvalue weighted by atomic mass is 9.98. The molecular formula is C14H28ClN3O4S. The molecule has 2 saturated heterocycles. The highest BCUT2D eigenvalue weighted by Gasteiger charge is 2.36. The quantitative estimate of drug-likeness (QED) is 0.698. The average Bonchev–Trinajstić information content (AvgIpc) is 2.95. The summed E-state index contributed by atoms with van der Waals surface area (Å²) in [5, 5.41) is 0. The molecule has 0 aliphatic carbocycles. The van der Waals surface area contributed by atoms with Crippen LogP contribution >= 0.6 is 12.4 Å². The summed E-state index contributed by atoms with van der Waals surface area (Å²) in [7, 11) is -3.18. The Labute approximate surface area is 144 Å². The van der Waals surface area contributed by atoms with E-state index >= 15 is 0 Å². The van der Waals surface area contributed by atoms with Gasteiger partial charge in [-0.05, 0) is 38.5 Å². The molecule has 0 bridgehead atoms. The van der Waals surface area contributed by atoms with Crippen molar-refractivity contribution in [1.82, 2.24) is 9.62 Å². The Morgan fingerprint density at radius 3 is 2.65 bits per heavy atom. The molecule has 23 heavy (non-hydrogen) atoms. The summed E-state index contributed by atoms with van der Waals surface area (Å²) in [5.41, 5.74) is 5.59. The molecule has 2 aliphatic heterocycles. The van der Waals surface area contributed by atoms with Crippen molar-refractivity contribution >= 4 is 28.3 Å². The van der Waals surface area contributed by atoms with Crippen molar-refractivity contribution in [2.75, 3.05) is 25.9 Å². The number of carbonyl (C=O) groups excluding carboxylic acids is 1. The van der Waals surface area contributed by atoms with Gasteiger partial charge in [0.15, 0.2) is 0 Å². The van der Waals surface area contributed by atoms with Gasteiger partial charge in [-0.3, -0.25) is 4.79 Å². The summed E-state index contributed by atoms with van der Waals surface area (Å²) in [6.07, 6.45) is 5.96. The normalized spacial score (nSPS) is 28.4. The molecule has 0 aromatic carbocycles. The Morgan fingerprint density at radius 1 is 1.30 bits per heavy atom. The van der Waals surface area contributed by atoms with Crippen molar-refractivity contribution in [2.45, 2.75) is 56.8 Å². The molecule has 1 amide bonds. The van der Waals surface area contributed by atoms with Crippen molar-refractivity contribution in [3.63, 3.8) is 0 Å². The van der Waals surface area contributed by atoms with Gasteiger partial charge in [0.05, 0.1) is 12.4 Å². The molecule has 0 spiro atoms. The van der Waals surface area contributed by atoms with E-state index in [0.717, 1.165) is 44.9 Å². The molecule has 0 radical (unpaired) electrons. The third-order valence-electron chi connectivity index (χ3n) is 4.40. The third kappa shape index (κ3) is 6.19. The van der Waals surface area contributed by atoms with Crippen LogP contribution in [0.5, 0.6) is 0 Å². The van der Waals surface area contributed by atoms with Gasteiger partial charge >= 0.3 is 0 Å². The molecule has 2 fully saturated rings. The number of nitrogens with one attached hydrogen (secondary N) is 1.